The number of rotatable bonds is 3. The highest BCUT2D eigenvalue weighted by Crippen LogP contribution is 2.71. The van der Waals surface area contributed by atoms with Crippen molar-refractivity contribution in [1.29, 1.82) is 0 Å². The minimum absolute atomic E-state index is 0.00313. The molecule has 4 saturated carbocycles. The van der Waals surface area contributed by atoms with Crippen molar-refractivity contribution >= 4 is 17.9 Å². The van der Waals surface area contributed by atoms with Gasteiger partial charge in [-0.1, -0.05) is 33.3 Å². The van der Waals surface area contributed by atoms with E-state index in [-0.39, 0.29) is 36.9 Å². The van der Waals surface area contributed by atoms with Gasteiger partial charge in [0.25, 0.3) is 0 Å². The molecule has 9 heteroatoms. The Bertz CT molecular complexity index is 1100. The Morgan fingerprint density at radius 2 is 1.79 bits per heavy atom. The van der Waals surface area contributed by atoms with E-state index in [0.29, 0.717) is 6.42 Å². The molecule has 0 radical (unpaired) electrons. The van der Waals surface area contributed by atoms with Crippen LogP contribution in [0.1, 0.15) is 72.6 Å². The van der Waals surface area contributed by atoms with Crippen LogP contribution in [0.3, 0.4) is 0 Å². The van der Waals surface area contributed by atoms with Crippen molar-refractivity contribution in [2.75, 3.05) is 0 Å². The molecule has 0 aromatic rings. The molecule has 0 aromatic carbocycles. The zero-order valence-electron chi connectivity index (χ0n) is 22.4. The summed E-state index contributed by atoms with van der Waals surface area (Å²) in [6, 6.07) is 0. The summed E-state index contributed by atoms with van der Waals surface area (Å²) in [7, 11) is 0. The Labute approximate surface area is 221 Å². The highest BCUT2D eigenvalue weighted by molar-refractivity contribution is 6.01. The van der Waals surface area contributed by atoms with Gasteiger partial charge in [-0.2, -0.15) is 0 Å². The number of carbonyl (C=O) groups is 3. The summed E-state index contributed by atoms with van der Waals surface area (Å²) in [4.78, 5) is 38.1. The van der Waals surface area contributed by atoms with Crippen LogP contribution in [0.5, 0.6) is 0 Å². The number of halogens is 2. The van der Waals surface area contributed by atoms with Gasteiger partial charge >= 0.3 is 12.1 Å². The minimum atomic E-state index is -2.34. The number of ether oxygens (including phenoxy) is 2. The third-order valence-electron chi connectivity index (χ3n) is 11.0. The molecular formula is C29H38F2O7. The van der Waals surface area contributed by atoms with E-state index in [1.165, 1.54) is 19.1 Å². The molecule has 5 rings (SSSR count). The fourth-order valence-corrected chi connectivity index (χ4v) is 8.98. The molecule has 4 fully saturated rings. The van der Waals surface area contributed by atoms with Crippen LogP contribution in [-0.4, -0.2) is 57.8 Å². The van der Waals surface area contributed by atoms with E-state index in [1.807, 2.05) is 6.92 Å². The average Bonchev–Trinajstić information content (AvgIpc) is 3.06. The van der Waals surface area contributed by atoms with E-state index in [2.05, 4.69) is 0 Å². The molecule has 0 aliphatic heterocycles. The maximum atomic E-state index is 17.3. The highest BCUT2D eigenvalue weighted by Gasteiger charge is 2.78. The van der Waals surface area contributed by atoms with Crippen molar-refractivity contribution in [1.82, 2.24) is 0 Å². The Kier molecular flexibility index (Phi) is 6.36. The van der Waals surface area contributed by atoms with Crippen LogP contribution in [0, 0.1) is 34.5 Å². The first-order valence-corrected chi connectivity index (χ1v) is 13.8. The minimum Gasteiger partial charge on any atom is -0.478 e. The molecule has 5 aliphatic carbocycles. The number of fused-ring (bicyclic) bond motifs is 5. The number of hydrogen-bond donors (Lipinski definition) is 2. The number of carboxylic acids is 1. The fourth-order valence-electron chi connectivity index (χ4n) is 8.98. The summed E-state index contributed by atoms with van der Waals surface area (Å²) in [5.74, 6) is -4.21. The Balaban J connectivity index is 1.52. The van der Waals surface area contributed by atoms with Crippen molar-refractivity contribution in [3.05, 3.63) is 23.8 Å². The summed E-state index contributed by atoms with van der Waals surface area (Å²) in [5.41, 5.74) is -7.38. The molecule has 0 unspecified atom stereocenters. The number of alkyl halides is 2. The van der Waals surface area contributed by atoms with E-state index < -0.39 is 70.0 Å². The molecule has 5 aliphatic rings. The first-order valence-electron chi connectivity index (χ1n) is 13.8. The largest absolute Gasteiger partial charge is 0.509 e. The number of aliphatic carboxylic acids is 1. The molecule has 0 amide bonds. The standard InChI is InChI=1S/C29H38F2O7/c1-15-7-5-6-8-22(15)37-25(36)38-29(24(34)35)16(2)11-18-19-13-21(30)20-12-17(32)9-10-26(20,3)28(19,31)23(33)14-27(18,29)4/h9-10,12,15-16,18-19,21-23,33H,5-8,11,13-14H2,1-4H3,(H,34,35)/t15-,16-,18+,19+,21+,22+,23+,26+,27+,28+,29+/m1/s1. The average molecular weight is 537 g/mol. The maximum absolute atomic E-state index is 17.3. The van der Waals surface area contributed by atoms with Crippen LogP contribution in [0.4, 0.5) is 13.6 Å². The summed E-state index contributed by atoms with van der Waals surface area (Å²) >= 11 is 0. The second-order valence-electron chi connectivity index (χ2n) is 12.8. The van der Waals surface area contributed by atoms with Crippen LogP contribution in [0.25, 0.3) is 0 Å². The molecule has 38 heavy (non-hydrogen) atoms. The summed E-state index contributed by atoms with van der Waals surface area (Å²) in [5, 5.41) is 22.0. The molecule has 0 spiro atoms. The third kappa shape index (κ3) is 3.42. The van der Waals surface area contributed by atoms with Gasteiger partial charge in [0.15, 0.2) is 11.5 Å². The van der Waals surface area contributed by atoms with E-state index in [4.69, 9.17) is 9.47 Å². The molecule has 0 aromatic heterocycles. The van der Waals surface area contributed by atoms with Crippen LogP contribution >= 0.6 is 0 Å². The lowest BCUT2D eigenvalue weighted by atomic mass is 9.44. The van der Waals surface area contributed by atoms with Crippen LogP contribution in [-0.2, 0) is 19.1 Å². The lowest BCUT2D eigenvalue weighted by molar-refractivity contribution is -0.232. The molecule has 11 atom stereocenters. The van der Waals surface area contributed by atoms with E-state index >= 15 is 8.78 Å². The summed E-state index contributed by atoms with van der Waals surface area (Å²) < 4.78 is 44.3. The summed E-state index contributed by atoms with van der Waals surface area (Å²) in [6.07, 6.45) is 1.93. The topological polar surface area (TPSA) is 110 Å². The highest BCUT2D eigenvalue weighted by atomic mass is 19.1. The van der Waals surface area contributed by atoms with Gasteiger partial charge in [-0.25, -0.2) is 18.4 Å². The number of carbonyl (C=O) groups excluding carboxylic acids is 2. The monoisotopic (exact) mass is 536 g/mol. The quantitative estimate of drug-likeness (QED) is 0.483. The lowest BCUT2D eigenvalue weighted by Gasteiger charge is -2.62. The molecule has 0 bridgehead atoms. The zero-order valence-corrected chi connectivity index (χ0v) is 22.4. The van der Waals surface area contributed by atoms with E-state index in [0.717, 1.165) is 25.3 Å². The molecule has 0 heterocycles. The predicted molar refractivity (Wildman–Crippen MR) is 133 cm³/mol. The van der Waals surface area contributed by atoms with Gasteiger partial charge in [0.1, 0.15) is 12.3 Å². The van der Waals surface area contributed by atoms with E-state index in [9.17, 15) is 24.6 Å². The number of hydrogen-bond acceptors (Lipinski definition) is 6. The number of ketones is 1. The smallest absolute Gasteiger partial charge is 0.478 e. The van der Waals surface area contributed by atoms with Gasteiger partial charge in [0, 0.05) is 22.7 Å². The zero-order chi connectivity index (χ0) is 27.8. The van der Waals surface area contributed by atoms with Gasteiger partial charge in [0.05, 0.1) is 6.10 Å². The first kappa shape index (κ1) is 27.3. The molecule has 7 nitrogen and oxygen atoms in total. The SMILES string of the molecule is C[C@@H]1CCCC[C@@H]1OC(=O)O[C@]1(C(=O)O)[C@H](C)C[C@H]2[C@@H]3C[C@H](F)C4=CC(=O)C=C[C@]4(C)[C@@]3(F)[C@@H](O)C[C@@]21C. The van der Waals surface area contributed by atoms with Crippen LogP contribution < -0.4 is 0 Å². The van der Waals surface area contributed by atoms with Gasteiger partial charge in [-0.3, -0.25) is 4.79 Å². The van der Waals surface area contributed by atoms with Gasteiger partial charge in [-0.15, -0.1) is 0 Å². The van der Waals surface area contributed by atoms with E-state index in [1.54, 1.807) is 13.8 Å². The third-order valence-corrected chi connectivity index (χ3v) is 11.0. The summed E-state index contributed by atoms with van der Waals surface area (Å²) in [6.45, 7) is 6.72. The molecule has 0 saturated heterocycles. The number of aliphatic hydroxyl groups is 1. The van der Waals surface area contributed by atoms with Gasteiger partial charge in [0.2, 0.25) is 5.60 Å². The normalized spacial score (nSPS) is 49.8. The fraction of sp³-hybridized carbons (Fsp3) is 0.759. The van der Waals surface area contributed by atoms with Crippen molar-refractivity contribution < 1.29 is 42.9 Å². The first-order chi connectivity index (χ1) is 17.7. The van der Waals surface area contributed by atoms with Gasteiger partial charge in [-0.05, 0) is 75.0 Å². The molecule has 2 N–H and O–H groups in total. The maximum Gasteiger partial charge on any atom is 0.509 e. The second-order valence-corrected chi connectivity index (χ2v) is 12.8. The molecular weight excluding hydrogens is 498 g/mol. The predicted octanol–water partition coefficient (Wildman–Crippen LogP) is 5.11. The van der Waals surface area contributed by atoms with Crippen molar-refractivity contribution in [3.63, 3.8) is 0 Å². The second kappa shape index (κ2) is 8.86. The van der Waals surface area contributed by atoms with Crippen LogP contribution in [0.15, 0.2) is 23.8 Å². The lowest BCUT2D eigenvalue weighted by Crippen LogP contribution is -2.71. The number of carboxylic acid groups (broad SMARTS) is 1. The van der Waals surface area contributed by atoms with Crippen molar-refractivity contribution in [3.8, 4) is 0 Å². The Morgan fingerprint density at radius 1 is 1.11 bits per heavy atom. The van der Waals surface area contributed by atoms with Crippen LogP contribution in [0.2, 0.25) is 0 Å². The Morgan fingerprint density at radius 3 is 2.45 bits per heavy atom. The molecule has 210 valence electrons. The number of allylic oxidation sites excluding steroid dienone is 4. The van der Waals surface area contributed by atoms with Gasteiger partial charge < -0.3 is 19.7 Å². The number of aliphatic hydroxyl groups excluding tert-OH is 1. The van der Waals surface area contributed by atoms with Crippen molar-refractivity contribution in [2.45, 2.75) is 102 Å². The van der Waals surface area contributed by atoms with Crippen molar-refractivity contribution in [2.24, 2.45) is 34.5 Å². The Hall–Kier alpha value is -2.29.